The maximum Gasteiger partial charge on any atom is 0.255 e. The second kappa shape index (κ2) is 6.12. The molecule has 0 saturated carbocycles. The zero-order valence-electron chi connectivity index (χ0n) is 12.4. The number of benzene rings is 2. The number of anilines is 2. The monoisotopic (exact) mass is 442 g/mol. The van der Waals surface area contributed by atoms with Crippen LogP contribution in [0.1, 0.15) is 15.9 Å². The highest BCUT2D eigenvalue weighted by molar-refractivity contribution is 14.1. The van der Waals surface area contributed by atoms with E-state index >= 15 is 0 Å². The molecule has 0 bridgehead atoms. The Hall–Kier alpha value is -1.61. The zero-order chi connectivity index (χ0) is 16.6. The molecule has 0 unspecified atom stereocenters. The summed E-state index contributed by atoms with van der Waals surface area (Å²) >= 11 is 2.20. The van der Waals surface area contributed by atoms with Crippen molar-refractivity contribution in [2.75, 3.05) is 22.4 Å². The molecule has 1 aliphatic rings. The molecule has 1 amide bonds. The maximum atomic E-state index is 12.3. The Morgan fingerprint density at radius 1 is 1.17 bits per heavy atom. The number of carbonyl (C=O) groups excluding carboxylic acids is 1. The maximum absolute atomic E-state index is 12.3. The lowest BCUT2D eigenvalue weighted by Gasteiger charge is -2.16. The van der Waals surface area contributed by atoms with Gasteiger partial charge in [0.1, 0.15) is 0 Å². The predicted molar refractivity (Wildman–Crippen MR) is 99.4 cm³/mol. The molecule has 2 aromatic rings. The zero-order valence-corrected chi connectivity index (χ0v) is 15.4. The molecule has 1 heterocycles. The molecule has 23 heavy (non-hydrogen) atoms. The van der Waals surface area contributed by atoms with Crippen molar-refractivity contribution in [2.24, 2.45) is 0 Å². The van der Waals surface area contributed by atoms with Crippen LogP contribution in [-0.2, 0) is 16.4 Å². The van der Waals surface area contributed by atoms with Crippen LogP contribution in [0.4, 0.5) is 11.4 Å². The Labute approximate surface area is 148 Å². The van der Waals surface area contributed by atoms with Crippen LogP contribution in [-0.4, -0.2) is 27.1 Å². The summed E-state index contributed by atoms with van der Waals surface area (Å²) in [5.74, 6) is -0.202. The van der Waals surface area contributed by atoms with Crippen LogP contribution >= 0.6 is 22.6 Å². The van der Waals surface area contributed by atoms with Crippen LogP contribution < -0.4 is 9.62 Å². The van der Waals surface area contributed by atoms with Gasteiger partial charge in [0.15, 0.2) is 0 Å². The summed E-state index contributed by atoms with van der Waals surface area (Å²) < 4.78 is 25.9. The highest BCUT2D eigenvalue weighted by atomic mass is 127. The third kappa shape index (κ3) is 3.50. The first-order valence-corrected chi connectivity index (χ1v) is 9.95. The third-order valence-electron chi connectivity index (χ3n) is 3.70. The number of nitrogens with one attached hydrogen (secondary N) is 1. The average molecular weight is 442 g/mol. The van der Waals surface area contributed by atoms with E-state index < -0.39 is 10.0 Å². The molecule has 0 saturated heterocycles. The van der Waals surface area contributed by atoms with Gasteiger partial charge in [-0.05, 0) is 77.0 Å². The normalized spacial score (nSPS) is 13.7. The fourth-order valence-electron chi connectivity index (χ4n) is 2.59. The number of halogens is 1. The number of amides is 1. The van der Waals surface area contributed by atoms with Crippen molar-refractivity contribution >= 4 is 49.9 Å². The van der Waals surface area contributed by atoms with Crippen molar-refractivity contribution < 1.29 is 13.2 Å². The highest BCUT2D eigenvalue weighted by Gasteiger charge is 2.26. The Morgan fingerprint density at radius 2 is 1.87 bits per heavy atom. The van der Waals surface area contributed by atoms with Crippen LogP contribution in [0.25, 0.3) is 0 Å². The fraction of sp³-hybridized carbons (Fsp3) is 0.188. The number of fused-ring (bicyclic) bond motifs is 1. The van der Waals surface area contributed by atoms with E-state index in [1.165, 1.54) is 10.6 Å². The Bertz CT molecular complexity index is 863. The van der Waals surface area contributed by atoms with Crippen molar-refractivity contribution in [3.8, 4) is 0 Å². The molecule has 0 aromatic heterocycles. The highest BCUT2D eigenvalue weighted by Crippen LogP contribution is 2.30. The fourth-order valence-corrected chi connectivity index (χ4v) is 3.91. The second-order valence-corrected chi connectivity index (χ2v) is 8.54. The molecule has 0 atom stereocenters. The molecule has 5 nitrogen and oxygen atoms in total. The largest absolute Gasteiger partial charge is 0.322 e. The quantitative estimate of drug-likeness (QED) is 0.744. The topological polar surface area (TPSA) is 66.5 Å². The minimum absolute atomic E-state index is 0.202. The predicted octanol–water partition coefficient (Wildman–Crippen LogP) is 2.87. The van der Waals surface area contributed by atoms with E-state index in [0.29, 0.717) is 24.2 Å². The SMILES string of the molecule is CS(=O)(=O)N1CCc2cc(C(=O)Nc3ccc(I)cc3)ccc21. The van der Waals surface area contributed by atoms with Gasteiger partial charge in [-0.3, -0.25) is 9.10 Å². The molecular formula is C16H15IN2O3S. The molecule has 0 radical (unpaired) electrons. The van der Waals surface area contributed by atoms with Crippen molar-refractivity contribution in [3.05, 3.63) is 57.2 Å². The number of sulfonamides is 1. The molecule has 3 rings (SSSR count). The summed E-state index contributed by atoms with van der Waals surface area (Å²) in [4.78, 5) is 12.3. The van der Waals surface area contributed by atoms with Crippen LogP contribution in [0.2, 0.25) is 0 Å². The van der Waals surface area contributed by atoms with E-state index in [9.17, 15) is 13.2 Å². The van der Waals surface area contributed by atoms with Crippen molar-refractivity contribution in [1.82, 2.24) is 0 Å². The number of hydrogen-bond donors (Lipinski definition) is 1. The second-order valence-electron chi connectivity index (χ2n) is 5.39. The molecule has 0 spiro atoms. The number of hydrogen-bond acceptors (Lipinski definition) is 3. The lowest BCUT2D eigenvalue weighted by molar-refractivity contribution is 0.102. The lowest BCUT2D eigenvalue weighted by atomic mass is 10.1. The summed E-state index contributed by atoms with van der Waals surface area (Å²) in [5.41, 5.74) is 2.80. The van der Waals surface area contributed by atoms with Crippen LogP contribution in [0.5, 0.6) is 0 Å². The summed E-state index contributed by atoms with van der Waals surface area (Å²) in [6, 6.07) is 12.7. The first-order valence-electron chi connectivity index (χ1n) is 7.02. The van der Waals surface area contributed by atoms with Crippen LogP contribution in [0.15, 0.2) is 42.5 Å². The lowest BCUT2D eigenvalue weighted by Crippen LogP contribution is -2.27. The number of rotatable bonds is 3. The molecule has 1 aliphatic heterocycles. The van der Waals surface area contributed by atoms with Gasteiger partial charge < -0.3 is 5.32 Å². The number of nitrogens with zero attached hydrogens (tertiary/aromatic N) is 1. The first-order chi connectivity index (χ1) is 10.8. The van der Waals surface area contributed by atoms with Gasteiger partial charge in [-0.15, -0.1) is 0 Å². The molecule has 1 N–H and O–H groups in total. The van der Waals surface area contributed by atoms with Gasteiger partial charge in [0, 0.05) is 21.4 Å². The molecule has 120 valence electrons. The van der Waals surface area contributed by atoms with Gasteiger partial charge in [-0.2, -0.15) is 0 Å². The first kappa shape index (κ1) is 16.3. The van der Waals surface area contributed by atoms with Gasteiger partial charge in [0.05, 0.1) is 11.9 Å². The molecule has 0 fully saturated rings. The van der Waals surface area contributed by atoms with Gasteiger partial charge >= 0.3 is 0 Å². The third-order valence-corrected chi connectivity index (χ3v) is 5.60. The van der Waals surface area contributed by atoms with Crippen LogP contribution in [0, 0.1) is 3.57 Å². The van der Waals surface area contributed by atoms with Crippen LogP contribution in [0.3, 0.4) is 0 Å². The molecular weight excluding hydrogens is 427 g/mol. The molecule has 0 aliphatic carbocycles. The summed E-state index contributed by atoms with van der Waals surface area (Å²) in [6.07, 6.45) is 1.81. The van der Waals surface area contributed by atoms with Gasteiger partial charge in [-0.1, -0.05) is 0 Å². The van der Waals surface area contributed by atoms with E-state index in [-0.39, 0.29) is 5.91 Å². The standard InChI is InChI=1S/C16H15IN2O3S/c1-23(21,22)19-9-8-11-10-12(2-7-15(11)19)16(20)18-14-5-3-13(17)4-6-14/h2-7,10H,8-9H2,1H3,(H,18,20). The Kier molecular flexibility index (Phi) is 4.33. The Balaban J connectivity index is 1.82. The van der Waals surface area contributed by atoms with E-state index in [4.69, 9.17) is 0 Å². The van der Waals surface area contributed by atoms with E-state index in [2.05, 4.69) is 27.9 Å². The Morgan fingerprint density at radius 3 is 2.52 bits per heavy atom. The summed E-state index contributed by atoms with van der Waals surface area (Å²) in [5, 5.41) is 2.84. The van der Waals surface area contributed by atoms with Gasteiger partial charge in [-0.25, -0.2) is 8.42 Å². The van der Waals surface area contributed by atoms with Gasteiger partial charge in [0.2, 0.25) is 10.0 Å². The van der Waals surface area contributed by atoms with Crippen molar-refractivity contribution in [1.29, 1.82) is 0 Å². The summed E-state index contributed by atoms with van der Waals surface area (Å²) in [7, 11) is -3.27. The average Bonchev–Trinajstić information content (AvgIpc) is 2.92. The minimum atomic E-state index is -3.27. The van der Waals surface area contributed by atoms with Gasteiger partial charge in [0.25, 0.3) is 5.91 Å². The number of carbonyl (C=O) groups is 1. The van der Waals surface area contributed by atoms with E-state index in [1.54, 1.807) is 18.2 Å². The van der Waals surface area contributed by atoms with Crippen molar-refractivity contribution in [2.45, 2.75) is 6.42 Å². The smallest absolute Gasteiger partial charge is 0.255 e. The molecule has 7 heteroatoms. The summed E-state index contributed by atoms with van der Waals surface area (Å²) in [6.45, 7) is 0.427. The van der Waals surface area contributed by atoms with Crippen molar-refractivity contribution in [3.63, 3.8) is 0 Å². The van der Waals surface area contributed by atoms with E-state index in [0.717, 1.165) is 14.8 Å². The molecule has 2 aromatic carbocycles. The van der Waals surface area contributed by atoms with E-state index in [1.807, 2.05) is 24.3 Å². The minimum Gasteiger partial charge on any atom is -0.322 e.